The maximum Gasteiger partial charge on any atom is 0.290 e. The molecule has 0 radical (unpaired) electrons. The third kappa shape index (κ3) is 3.26. The second kappa shape index (κ2) is 7.53. The van der Waals surface area contributed by atoms with Crippen LogP contribution in [0.1, 0.15) is 28.0 Å². The van der Waals surface area contributed by atoms with Gasteiger partial charge in [0.05, 0.1) is 23.5 Å². The highest BCUT2D eigenvalue weighted by molar-refractivity contribution is 6.15. The summed E-state index contributed by atoms with van der Waals surface area (Å²) in [4.78, 5) is 36.4. The summed E-state index contributed by atoms with van der Waals surface area (Å²) in [6, 6.07) is 18.6. The van der Waals surface area contributed by atoms with Crippen molar-refractivity contribution in [2.45, 2.75) is 12.6 Å². The van der Waals surface area contributed by atoms with E-state index >= 15 is 0 Å². The Labute approximate surface area is 177 Å². The van der Waals surface area contributed by atoms with Gasteiger partial charge >= 0.3 is 0 Å². The molecule has 0 spiro atoms. The number of benzene rings is 1. The number of Topliss-reactive ketones (excluding diaryl/α,β-unsaturated/α-hetero) is 1. The maximum atomic E-state index is 13.4. The molecule has 4 heterocycles. The summed E-state index contributed by atoms with van der Waals surface area (Å²) in [5.74, 6) is -1.75. The van der Waals surface area contributed by atoms with Crippen molar-refractivity contribution in [3.63, 3.8) is 0 Å². The van der Waals surface area contributed by atoms with Gasteiger partial charge in [-0.15, -0.1) is 0 Å². The Morgan fingerprint density at radius 3 is 2.45 bits per heavy atom. The molecule has 1 atom stereocenters. The fourth-order valence-electron chi connectivity index (χ4n) is 3.79. The second-order valence-electron chi connectivity index (χ2n) is 7.15. The van der Waals surface area contributed by atoms with Crippen molar-refractivity contribution in [2.75, 3.05) is 0 Å². The van der Waals surface area contributed by atoms with Gasteiger partial charge in [0.25, 0.3) is 5.91 Å². The average molecular weight is 411 g/mol. The molecule has 7 nitrogen and oxygen atoms in total. The lowest BCUT2D eigenvalue weighted by Gasteiger charge is -2.25. The summed E-state index contributed by atoms with van der Waals surface area (Å²) in [7, 11) is 0. The van der Waals surface area contributed by atoms with Crippen LogP contribution in [0.4, 0.5) is 0 Å². The van der Waals surface area contributed by atoms with E-state index in [2.05, 4.69) is 9.97 Å². The van der Waals surface area contributed by atoms with E-state index in [9.17, 15) is 14.7 Å². The Kier molecular flexibility index (Phi) is 4.55. The van der Waals surface area contributed by atoms with Crippen molar-refractivity contribution in [3.8, 4) is 0 Å². The smallest absolute Gasteiger partial charge is 0.290 e. The summed E-state index contributed by atoms with van der Waals surface area (Å²) in [5, 5.41) is 11.5. The molecule has 0 fully saturated rings. The first kappa shape index (κ1) is 18.7. The molecule has 3 aromatic heterocycles. The van der Waals surface area contributed by atoms with E-state index in [1.54, 1.807) is 60.9 Å². The standard InChI is InChI=1S/C24H17N3O4/c28-22(19-13-15-7-1-2-10-18(15)31-19)20-21(17-9-4-6-12-26-17)27(24(30)23(20)29)14-16-8-3-5-11-25-16/h1-13,21,29H,14H2. The number of amides is 1. The van der Waals surface area contributed by atoms with E-state index in [-0.39, 0.29) is 17.9 Å². The molecule has 31 heavy (non-hydrogen) atoms. The number of furan rings is 1. The van der Waals surface area contributed by atoms with Gasteiger partial charge < -0.3 is 14.4 Å². The van der Waals surface area contributed by atoms with Crippen molar-refractivity contribution in [3.05, 3.63) is 108 Å². The van der Waals surface area contributed by atoms with Crippen LogP contribution in [0, 0.1) is 0 Å². The van der Waals surface area contributed by atoms with Crippen LogP contribution in [0.3, 0.4) is 0 Å². The summed E-state index contributed by atoms with van der Waals surface area (Å²) in [5.41, 5.74) is 1.59. The van der Waals surface area contributed by atoms with Crippen molar-refractivity contribution in [1.29, 1.82) is 0 Å². The molecule has 1 N–H and O–H groups in total. The lowest BCUT2D eigenvalue weighted by Crippen LogP contribution is -2.31. The monoisotopic (exact) mass is 411 g/mol. The molecule has 1 amide bonds. The van der Waals surface area contributed by atoms with Crippen molar-refractivity contribution in [2.24, 2.45) is 0 Å². The van der Waals surface area contributed by atoms with Crippen LogP contribution >= 0.6 is 0 Å². The number of aromatic nitrogens is 2. The Morgan fingerprint density at radius 2 is 1.74 bits per heavy atom. The first-order valence-corrected chi connectivity index (χ1v) is 9.71. The zero-order valence-corrected chi connectivity index (χ0v) is 16.3. The van der Waals surface area contributed by atoms with Gasteiger partial charge in [-0.1, -0.05) is 30.3 Å². The molecule has 0 bridgehead atoms. The van der Waals surface area contributed by atoms with Gasteiger partial charge in [-0.05, 0) is 36.4 Å². The van der Waals surface area contributed by atoms with Gasteiger partial charge in [0.1, 0.15) is 11.6 Å². The summed E-state index contributed by atoms with van der Waals surface area (Å²) >= 11 is 0. The normalized spacial score (nSPS) is 16.3. The summed E-state index contributed by atoms with van der Waals surface area (Å²) < 4.78 is 5.71. The minimum absolute atomic E-state index is 0.0520. The molecule has 152 valence electrons. The molecular formula is C24H17N3O4. The van der Waals surface area contributed by atoms with Crippen LogP contribution < -0.4 is 0 Å². The fourth-order valence-corrected chi connectivity index (χ4v) is 3.79. The van der Waals surface area contributed by atoms with E-state index in [1.165, 1.54) is 4.90 Å². The van der Waals surface area contributed by atoms with Crippen LogP contribution in [0.5, 0.6) is 0 Å². The number of carbonyl (C=O) groups is 2. The quantitative estimate of drug-likeness (QED) is 0.499. The topological polar surface area (TPSA) is 96.5 Å². The number of fused-ring (bicyclic) bond motifs is 1. The number of aliphatic hydroxyl groups excluding tert-OH is 1. The van der Waals surface area contributed by atoms with E-state index < -0.39 is 23.5 Å². The van der Waals surface area contributed by atoms with E-state index in [1.807, 2.05) is 18.2 Å². The number of aliphatic hydroxyl groups is 1. The molecule has 5 rings (SSSR count). The molecule has 4 aromatic rings. The first-order valence-electron chi connectivity index (χ1n) is 9.71. The summed E-state index contributed by atoms with van der Waals surface area (Å²) in [6.45, 7) is 0.113. The number of nitrogens with zero attached hydrogens (tertiary/aromatic N) is 3. The number of para-hydroxylation sites is 1. The molecule has 0 saturated carbocycles. The maximum absolute atomic E-state index is 13.4. The largest absolute Gasteiger partial charge is 0.503 e. The zero-order valence-electron chi connectivity index (χ0n) is 16.3. The van der Waals surface area contributed by atoms with Crippen molar-refractivity contribution in [1.82, 2.24) is 14.9 Å². The first-order chi connectivity index (χ1) is 15.1. The van der Waals surface area contributed by atoms with Crippen LogP contribution in [0.25, 0.3) is 11.0 Å². The molecule has 1 aromatic carbocycles. The van der Waals surface area contributed by atoms with Gasteiger partial charge in [0.15, 0.2) is 11.5 Å². The average Bonchev–Trinajstić information content (AvgIpc) is 3.35. The van der Waals surface area contributed by atoms with Crippen LogP contribution in [-0.4, -0.2) is 31.7 Å². The van der Waals surface area contributed by atoms with E-state index in [0.29, 0.717) is 17.0 Å². The molecule has 1 unspecified atom stereocenters. The third-order valence-corrected chi connectivity index (χ3v) is 5.22. The molecule has 0 aliphatic carbocycles. The van der Waals surface area contributed by atoms with Gasteiger partial charge in [-0.25, -0.2) is 0 Å². The number of hydrogen-bond donors (Lipinski definition) is 1. The minimum Gasteiger partial charge on any atom is -0.503 e. The number of ketones is 1. The van der Waals surface area contributed by atoms with Crippen LogP contribution in [0.2, 0.25) is 0 Å². The van der Waals surface area contributed by atoms with Crippen molar-refractivity contribution >= 4 is 22.7 Å². The van der Waals surface area contributed by atoms with Crippen molar-refractivity contribution < 1.29 is 19.1 Å². The minimum atomic E-state index is -0.864. The highest BCUT2D eigenvalue weighted by Crippen LogP contribution is 2.39. The van der Waals surface area contributed by atoms with Crippen LogP contribution in [0.15, 0.2) is 94.9 Å². The van der Waals surface area contributed by atoms with Gasteiger partial charge in [-0.2, -0.15) is 0 Å². The molecule has 1 aliphatic rings. The van der Waals surface area contributed by atoms with Gasteiger partial charge in [-0.3, -0.25) is 19.6 Å². The highest BCUT2D eigenvalue weighted by atomic mass is 16.3. The van der Waals surface area contributed by atoms with E-state index in [0.717, 1.165) is 5.39 Å². The molecule has 7 heteroatoms. The Bertz CT molecular complexity index is 1280. The Morgan fingerprint density at radius 1 is 1.00 bits per heavy atom. The number of hydrogen-bond acceptors (Lipinski definition) is 6. The van der Waals surface area contributed by atoms with Crippen LogP contribution in [-0.2, 0) is 11.3 Å². The van der Waals surface area contributed by atoms with Gasteiger partial charge in [0.2, 0.25) is 5.78 Å². The zero-order chi connectivity index (χ0) is 21.4. The lowest BCUT2D eigenvalue weighted by molar-refractivity contribution is -0.130. The molecule has 0 saturated heterocycles. The number of pyridine rings is 2. The van der Waals surface area contributed by atoms with Gasteiger partial charge in [0, 0.05) is 17.8 Å². The Hall–Kier alpha value is -4.26. The number of rotatable bonds is 5. The van der Waals surface area contributed by atoms with E-state index in [4.69, 9.17) is 4.42 Å². The fraction of sp³-hybridized carbons (Fsp3) is 0.0833. The Balaban J connectivity index is 1.59. The molecule has 1 aliphatic heterocycles. The SMILES string of the molecule is O=C(C1=C(O)C(=O)N(Cc2ccccn2)C1c1ccccn1)c1cc2ccccc2o1. The third-order valence-electron chi connectivity index (χ3n) is 5.22. The summed E-state index contributed by atoms with van der Waals surface area (Å²) in [6.07, 6.45) is 3.21. The predicted octanol–water partition coefficient (Wildman–Crippen LogP) is 4.00. The highest BCUT2D eigenvalue weighted by Gasteiger charge is 2.45. The predicted molar refractivity (Wildman–Crippen MR) is 112 cm³/mol. The number of carbonyl (C=O) groups excluding carboxylic acids is 2. The lowest BCUT2D eigenvalue weighted by atomic mass is 9.98. The molecular weight excluding hydrogens is 394 g/mol. The second-order valence-corrected chi connectivity index (χ2v) is 7.15.